The first-order valence-corrected chi connectivity index (χ1v) is 8.10. The lowest BCUT2D eigenvalue weighted by atomic mass is 10.0. The summed E-state index contributed by atoms with van der Waals surface area (Å²) >= 11 is 1.60. The van der Waals surface area contributed by atoms with E-state index in [1.807, 2.05) is 30.3 Å². The highest BCUT2D eigenvalue weighted by molar-refractivity contribution is 7.98. The van der Waals surface area contributed by atoms with E-state index in [2.05, 4.69) is 0 Å². The van der Waals surface area contributed by atoms with Crippen molar-refractivity contribution in [3.8, 4) is 22.6 Å². The van der Waals surface area contributed by atoms with Crippen LogP contribution in [0, 0.1) is 5.82 Å². The van der Waals surface area contributed by atoms with Crippen LogP contribution < -0.4 is 0 Å². The van der Waals surface area contributed by atoms with Crippen LogP contribution in [-0.4, -0.2) is 10.2 Å². The van der Waals surface area contributed by atoms with Crippen LogP contribution in [0.3, 0.4) is 0 Å². The molecule has 0 aliphatic rings. The van der Waals surface area contributed by atoms with E-state index >= 15 is 0 Å². The quantitative estimate of drug-likeness (QED) is 0.648. The van der Waals surface area contributed by atoms with Gasteiger partial charge in [0, 0.05) is 27.8 Å². The largest absolute Gasteiger partial charge is 0.507 e. The maximum Gasteiger partial charge on any atom is 0.127 e. The Balaban J connectivity index is 1.89. The van der Waals surface area contributed by atoms with E-state index in [1.165, 1.54) is 18.2 Å². The van der Waals surface area contributed by atoms with Crippen LogP contribution in [0.5, 0.6) is 11.5 Å². The van der Waals surface area contributed by atoms with Gasteiger partial charge < -0.3 is 10.2 Å². The van der Waals surface area contributed by atoms with Crippen molar-refractivity contribution < 1.29 is 14.6 Å². The van der Waals surface area contributed by atoms with Gasteiger partial charge in [0.1, 0.15) is 17.3 Å². The number of hydrogen-bond donors (Lipinski definition) is 2. The van der Waals surface area contributed by atoms with Gasteiger partial charge in [-0.05, 0) is 35.9 Å². The summed E-state index contributed by atoms with van der Waals surface area (Å²) in [7, 11) is 0. The number of phenols is 2. The van der Waals surface area contributed by atoms with Crippen molar-refractivity contribution in [1.29, 1.82) is 0 Å². The summed E-state index contributed by atoms with van der Waals surface area (Å²) in [5, 5.41) is 20.1. The molecule has 0 heterocycles. The Bertz CT molecular complexity index is 802. The molecule has 3 rings (SSSR count). The molecular weight excluding hydrogens is 311 g/mol. The van der Waals surface area contributed by atoms with Gasteiger partial charge >= 0.3 is 0 Å². The summed E-state index contributed by atoms with van der Waals surface area (Å²) in [5.41, 5.74) is 2.00. The van der Waals surface area contributed by atoms with Gasteiger partial charge in [-0.3, -0.25) is 0 Å². The number of rotatable bonds is 4. The van der Waals surface area contributed by atoms with Crippen molar-refractivity contribution in [2.75, 3.05) is 0 Å². The molecule has 0 aliphatic carbocycles. The number of thioether (sulfide) groups is 1. The molecule has 0 unspecified atom stereocenters. The zero-order valence-corrected chi connectivity index (χ0v) is 13.1. The van der Waals surface area contributed by atoms with Gasteiger partial charge in [-0.2, -0.15) is 0 Å². The molecule has 3 aromatic carbocycles. The maximum absolute atomic E-state index is 13.0. The lowest BCUT2D eigenvalue weighted by Gasteiger charge is -2.10. The molecule has 4 heteroatoms. The SMILES string of the molecule is Oc1cc(O)c(-c2ccc(F)cc2)cc1CSc1ccccc1. The minimum Gasteiger partial charge on any atom is -0.507 e. The maximum atomic E-state index is 13.0. The third-order valence-electron chi connectivity index (χ3n) is 3.49. The predicted molar refractivity (Wildman–Crippen MR) is 91.2 cm³/mol. The zero-order valence-electron chi connectivity index (χ0n) is 12.2. The molecule has 2 nitrogen and oxygen atoms in total. The van der Waals surface area contributed by atoms with Crippen molar-refractivity contribution in [2.24, 2.45) is 0 Å². The monoisotopic (exact) mass is 326 g/mol. The van der Waals surface area contributed by atoms with Gasteiger partial charge in [0.05, 0.1) is 0 Å². The third-order valence-corrected chi connectivity index (χ3v) is 4.55. The molecule has 2 N–H and O–H groups in total. The lowest BCUT2D eigenvalue weighted by molar-refractivity contribution is 0.449. The highest BCUT2D eigenvalue weighted by Gasteiger charge is 2.11. The van der Waals surface area contributed by atoms with Crippen LogP contribution in [0.1, 0.15) is 5.56 Å². The van der Waals surface area contributed by atoms with Crippen LogP contribution in [0.4, 0.5) is 4.39 Å². The van der Waals surface area contributed by atoms with E-state index in [9.17, 15) is 14.6 Å². The Hall–Kier alpha value is -2.46. The number of hydrogen-bond acceptors (Lipinski definition) is 3. The van der Waals surface area contributed by atoms with Gasteiger partial charge in [-0.1, -0.05) is 30.3 Å². The van der Waals surface area contributed by atoms with E-state index in [1.54, 1.807) is 30.0 Å². The number of aromatic hydroxyl groups is 2. The first kappa shape index (κ1) is 15.4. The molecule has 0 aromatic heterocycles. The van der Waals surface area contributed by atoms with Crippen LogP contribution >= 0.6 is 11.8 Å². The summed E-state index contributed by atoms with van der Waals surface area (Å²) in [6.07, 6.45) is 0. The van der Waals surface area contributed by atoms with Crippen molar-refractivity contribution in [1.82, 2.24) is 0 Å². The summed E-state index contributed by atoms with van der Waals surface area (Å²) in [6.45, 7) is 0. The smallest absolute Gasteiger partial charge is 0.127 e. The van der Waals surface area contributed by atoms with E-state index in [-0.39, 0.29) is 17.3 Å². The summed E-state index contributed by atoms with van der Waals surface area (Å²) in [4.78, 5) is 1.10. The standard InChI is InChI=1S/C19H15FO2S/c20-15-8-6-13(7-9-15)17-10-14(18(21)11-19(17)22)12-23-16-4-2-1-3-5-16/h1-11,21-22H,12H2. The number of halogens is 1. The third kappa shape index (κ3) is 3.66. The van der Waals surface area contributed by atoms with Gasteiger partial charge in [0.2, 0.25) is 0 Å². The molecule has 0 fully saturated rings. The Morgan fingerprint density at radius 1 is 0.826 bits per heavy atom. The highest BCUT2D eigenvalue weighted by Crippen LogP contribution is 2.37. The molecule has 0 saturated heterocycles. The second-order valence-electron chi connectivity index (χ2n) is 5.11. The molecule has 0 radical (unpaired) electrons. The van der Waals surface area contributed by atoms with E-state index in [4.69, 9.17) is 0 Å². The Morgan fingerprint density at radius 2 is 1.52 bits per heavy atom. The molecule has 0 atom stereocenters. The summed E-state index contributed by atoms with van der Waals surface area (Å²) < 4.78 is 13.0. The zero-order chi connectivity index (χ0) is 16.2. The topological polar surface area (TPSA) is 40.5 Å². The fourth-order valence-electron chi connectivity index (χ4n) is 2.28. The first-order chi connectivity index (χ1) is 11.1. The highest BCUT2D eigenvalue weighted by atomic mass is 32.2. The molecule has 0 spiro atoms. The second-order valence-corrected chi connectivity index (χ2v) is 6.16. The predicted octanol–water partition coefficient (Wildman–Crippen LogP) is 5.20. The molecule has 23 heavy (non-hydrogen) atoms. The van der Waals surface area contributed by atoms with Gasteiger partial charge in [0.25, 0.3) is 0 Å². The normalized spacial score (nSPS) is 10.7. The number of phenolic OH excluding ortho intramolecular Hbond substituents is 2. The summed E-state index contributed by atoms with van der Waals surface area (Å²) in [6, 6.07) is 18.9. The van der Waals surface area contributed by atoms with Crippen molar-refractivity contribution in [3.05, 3.63) is 78.1 Å². The van der Waals surface area contributed by atoms with Crippen molar-refractivity contribution in [3.63, 3.8) is 0 Å². The minimum atomic E-state index is -0.327. The lowest BCUT2D eigenvalue weighted by Crippen LogP contribution is -1.87. The van der Waals surface area contributed by atoms with Crippen molar-refractivity contribution in [2.45, 2.75) is 10.6 Å². The van der Waals surface area contributed by atoms with Crippen LogP contribution in [0.25, 0.3) is 11.1 Å². The first-order valence-electron chi connectivity index (χ1n) is 7.12. The van der Waals surface area contributed by atoms with Crippen LogP contribution in [0.15, 0.2) is 71.6 Å². The van der Waals surface area contributed by atoms with Gasteiger partial charge in [0.15, 0.2) is 0 Å². The number of benzene rings is 3. The average Bonchev–Trinajstić information content (AvgIpc) is 2.56. The molecule has 0 amide bonds. The molecule has 0 bridgehead atoms. The Kier molecular flexibility index (Phi) is 4.53. The van der Waals surface area contributed by atoms with Crippen molar-refractivity contribution >= 4 is 11.8 Å². The fraction of sp³-hybridized carbons (Fsp3) is 0.0526. The second kappa shape index (κ2) is 6.75. The molecule has 0 aliphatic heterocycles. The van der Waals surface area contributed by atoms with E-state index in [0.29, 0.717) is 16.9 Å². The molecular formula is C19H15FO2S. The summed E-state index contributed by atoms with van der Waals surface area (Å²) in [5.74, 6) is 0.274. The molecule has 3 aromatic rings. The van der Waals surface area contributed by atoms with Gasteiger partial charge in [-0.15, -0.1) is 11.8 Å². The molecule has 0 saturated carbocycles. The van der Waals surface area contributed by atoms with E-state index in [0.717, 1.165) is 10.5 Å². The van der Waals surface area contributed by atoms with E-state index < -0.39 is 0 Å². The van der Waals surface area contributed by atoms with Crippen LogP contribution in [-0.2, 0) is 5.75 Å². The fourth-order valence-corrected chi connectivity index (χ4v) is 3.18. The molecule has 116 valence electrons. The van der Waals surface area contributed by atoms with Crippen LogP contribution in [0.2, 0.25) is 0 Å². The average molecular weight is 326 g/mol. The Morgan fingerprint density at radius 3 is 2.22 bits per heavy atom. The Labute approximate surface area is 138 Å². The van der Waals surface area contributed by atoms with Gasteiger partial charge in [-0.25, -0.2) is 4.39 Å². The minimum absolute atomic E-state index is 0.0254.